The number of thiocarbonyl (C=S) groups is 1. The summed E-state index contributed by atoms with van der Waals surface area (Å²) in [6, 6.07) is 16.4. The summed E-state index contributed by atoms with van der Waals surface area (Å²) in [6.45, 7) is 1.47. The van der Waals surface area contributed by atoms with Crippen LogP contribution >= 0.6 is 12.2 Å². The molecule has 1 aliphatic rings. The summed E-state index contributed by atoms with van der Waals surface area (Å²) in [5.74, 6) is -0.0976. The van der Waals surface area contributed by atoms with Gasteiger partial charge in [-0.1, -0.05) is 0 Å². The standard InChI is InChI=1S/C24H23N5O5S2/c30-23(19-2-1-11-25-17-19)34-21-7-3-18(4-8-21)16-26-28-24(35)27-20-5-9-22(10-6-20)36(31,32)29-12-14-33-15-13-29/h1-11,16-17H,12-15H2,(H2,27,28,35)/b26-16-. The average molecular weight is 526 g/mol. The summed E-state index contributed by atoms with van der Waals surface area (Å²) in [7, 11) is -3.55. The maximum atomic E-state index is 12.7. The molecule has 0 amide bonds. The number of ether oxygens (including phenoxy) is 2. The molecule has 0 radical (unpaired) electrons. The van der Waals surface area contributed by atoms with Gasteiger partial charge in [0.2, 0.25) is 10.0 Å². The van der Waals surface area contributed by atoms with E-state index in [4.69, 9.17) is 21.7 Å². The number of hydrazone groups is 1. The first kappa shape index (κ1) is 25.4. The molecule has 2 heterocycles. The molecule has 186 valence electrons. The number of pyridine rings is 1. The minimum absolute atomic E-state index is 0.210. The normalized spacial score (nSPS) is 14.3. The molecular weight excluding hydrogens is 502 g/mol. The quantitative estimate of drug-likeness (QED) is 0.158. The summed E-state index contributed by atoms with van der Waals surface area (Å²) in [4.78, 5) is 16.2. The van der Waals surface area contributed by atoms with Crippen molar-refractivity contribution in [1.29, 1.82) is 0 Å². The predicted molar refractivity (Wildman–Crippen MR) is 139 cm³/mol. The van der Waals surface area contributed by atoms with E-state index >= 15 is 0 Å². The Labute approximate surface area is 214 Å². The number of hydrogen-bond donors (Lipinski definition) is 2. The Morgan fingerprint density at radius 2 is 1.81 bits per heavy atom. The second-order valence-electron chi connectivity index (χ2n) is 7.57. The van der Waals surface area contributed by atoms with Crippen LogP contribution in [0, 0.1) is 0 Å². The molecule has 10 nitrogen and oxygen atoms in total. The smallest absolute Gasteiger partial charge is 0.345 e. The zero-order valence-electron chi connectivity index (χ0n) is 19.0. The third-order valence-electron chi connectivity index (χ3n) is 5.09. The maximum Gasteiger partial charge on any atom is 0.345 e. The fraction of sp³-hybridized carbons (Fsp3) is 0.167. The lowest BCUT2D eigenvalue weighted by molar-refractivity contribution is 0.0730. The maximum absolute atomic E-state index is 12.7. The van der Waals surface area contributed by atoms with Gasteiger partial charge in [-0.15, -0.1) is 0 Å². The molecule has 3 aromatic rings. The van der Waals surface area contributed by atoms with Crippen LogP contribution in [0.2, 0.25) is 0 Å². The number of aromatic nitrogens is 1. The molecule has 2 aromatic carbocycles. The molecule has 0 unspecified atom stereocenters. The van der Waals surface area contributed by atoms with Gasteiger partial charge in [-0.2, -0.15) is 9.41 Å². The lowest BCUT2D eigenvalue weighted by Crippen LogP contribution is -2.40. The summed E-state index contributed by atoms with van der Waals surface area (Å²) in [6.07, 6.45) is 4.57. The lowest BCUT2D eigenvalue weighted by atomic mass is 10.2. The number of sulfonamides is 1. The van der Waals surface area contributed by atoms with Gasteiger partial charge in [-0.05, 0) is 78.4 Å². The molecule has 1 aromatic heterocycles. The van der Waals surface area contributed by atoms with Gasteiger partial charge in [-0.25, -0.2) is 13.2 Å². The first-order chi connectivity index (χ1) is 17.4. The number of nitrogens with zero attached hydrogens (tertiary/aromatic N) is 3. The molecule has 0 bridgehead atoms. The van der Waals surface area contributed by atoms with Crippen LogP contribution in [0.3, 0.4) is 0 Å². The Kier molecular flexibility index (Phi) is 8.33. The molecular formula is C24H23N5O5S2. The molecule has 1 aliphatic heterocycles. The Morgan fingerprint density at radius 1 is 1.08 bits per heavy atom. The van der Waals surface area contributed by atoms with Crippen LogP contribution in [0.25, 0.3) is 0 Å². The number of morpholine rings is 1. The van der Waals surface area contributed by atoms with Crippen LogP contribution in [0.15, 0.2) is 83.1 Å². The minimum Gasteiger partial charge on any atom is -0.423 e. The van der Waals surface area contributed by atoms with Crippen molar-refractivity contribution in [1.82, 2.24) is 14.7 Å². The largest absolute Gasteiger partial charge is 0.423 e. The van der Waals surface area contributed by atoms with Crippen molar-refractivity contribution in [3.8, 4) is 5.75 Å². The zero-order chi connectivity index (χ0) is 25.4. The predicted octanol–water partition coefficient (Wildman–Crippen LogP) is 2.64. The summed E-state index contributed by atoms with van der Waals surface area (Å²) >= 11 is 5.24. The number of carbonyl (C=O) groups is 1. The van der Waals surface area contributed by atoms with Gasteiger partial charge in [0, 0.05) is 31.2 Å². The van der Waals surface area contributed by atoms with Crippen molar-refractivity contribution in [2.45, 2.75) is 4.90 Å². The molecule has 0 saturated carbocycles. The highest BCUT2D eigenvalue weighted by Crippen LogP contribution is 2.19. The van der Waals surface area contributed by atoms with E-state index in [0.717, 1.165) is 5.56 Å². The van der Waals surface area contributed by atoms with Gasteiger partial charge in [0.15, 0.2) is 5.11 Å². The lowest BCUT2D eigenvalue weighted by Gasteiger charge is -2.26. The third kappa shape index (κ3) is 6.70. The molecule has 2 N–H and O–H groups in total. The topological polar surface area (TPSA) is 122 Å². The van der Waals surface area contributed by atoms with Crippen LogP contribution in [0.4, 0.5) is 5.69 Å². The Balaban J connectivity index is 1.26. The minimum atomic E-state index is -3.55. The zero-order valence-corrected chi connectivity index (χ0v) is 20.7. The van der Waals surface area contributed by atoms with Gasteiger partial charge >= 0.3 is 5.97 Å². The van der Waals surface area contributed by atoms with Crippen LogP contribution in [0.5, 0.6) is 5.75 Å². The van der Waals surface area contributed by atoms with E-state index in [-0.39, 0.29) is 10.0 Å². The Bertz CT molecular complexity index is 1330. The van der Waals surface area contributed by atoms with E-state index in [0.29, 0.717) is 43.3 Å². The average Bonchev–Trinajstić information content (AvgIpc) is 2.91. The van der Waals surface area contributed by atoms with Crippen molar-refractivity contribution < 1.29 is 22.7 Å². The molecule has 12 heteroatoms. The molecule has 1 fully saturated rings. The molecule has 0 aliphatic carbocycles. The van der Waals surface area contributed by atoms with Crippen molar-refractivity contribution in [3.05, 3.63) is 84.2 Å². The highest BCUT2D eigenvalue weighted by atomic mass is 32.2. The number of nitrogens with one attached hydrogen (secondary N) is 2. The van der Waals surface area contributed by atoms with Crippen molar-refractivity contribution >= 4 is 45.2 Å². The van der Waals surface area contributed by atoms with Crippen molar-refractivity contribution in [2.75, 3.05) is 31.6 Å². The van der Waals surface area contributed by atoms with Gasteiger partial charge in [0.25, 0.3) is 0 Å². The van der Waals surface area contributed by atoms with E-state index in [1.54, 1.807) is 60.9 Å². The van der Waals surface area contributed by atoms with Crippen LogP contribution < -0.4 is 15.5 Å². The van der Waals surface area contributed by atoms with Gasteiger partial charge in [0.1, 0.15) is 5.75 Å². The monoisotopic (exact) mass is 525 g/mol. The number of rotatable bonds is 7. The van der Waals surface area contributed by atoms with Gasteiger partial charge in [0.05, 0.1) is 29.9 Å². The summed E-state index contributed by atoms with van der Waals surface area (Å²) in [5, 5.41) is 7.27. The Morgan fingerprint density at radius 3 is 2.47 bits per heavy atom. The second-order valence-corrected chi connectivity index (χ2v) is 9.91. The van der Waals surface area contributed by atoms with Crippen molar-refractivity contribution in [3.63, 3.8) is 0 Å². The first-order valence-corrected chi connectivity index (χ1v) is 12.8. The van der Waals surface area contributed by atoms with Crippen LogP contribution in [-0.2, 0) is 14.8 Å². The highest BCUT2D eigenvalue weighted by Gasteiger charge is 2.26. The molecule has 0 atom stereocenters. The summed E-state index contributed by atoms with van der Waals surface area (Å²) < 4.78 is 37.3. The Hall–Kier alpha value is -3.71. The van der Waals surface area contributed by atoms with Gasteiger partial charge < -0.3 is 14.8 Å². The second kappa shape index (κ2) is 11.8. The fourth-order valence-corrected chi connectivity index (χ4v) is 4.82. The van der Waals surface area contributed by atoms with Crippen molar-refractivity contribution in [2.24, 2.45) is 5.10 Å². The SMILES string of the molecule is O=C(Oc1ccc(/C=N\NC(=S)Nc2ccc(S(=O)(=O)N3CCOCC3)cc2)cc1)c1cccnc1. The number of esters is 1. The van der Waals surface area contributed by atoms with E-state index in [1.165, 1.54) is 22.6 Å². The van der Waals surface area contributed by atoms with Crippen LogP contribution in [-0.4, -0.2) is 61.3 Å². The molecule has 0 spiro atoms. The third-order valence-corrected chi connectivity index (χ3v) is 7.19. The number of hydrogen-bond acceptors (Lipinski definition) is 8. The van der Waals surface area contributed by atoms with Crippen LogP contribution in [0.1, 0.15) is 15.9 Å². The molecule has 1 saturated heterocycles. The molecule has 4 rings (SSSR count). The summed E-state index contributed by atoms with van der Waals surface area (Å²) in [5.41, 5.74) is 4.43. The number of anilines is 1. The van der Waals surface area contributed by atoms with Gasteiger partial charge in [-0.3, -0.25) is 10.4 Å². The molecule has 36 heavy (non-hydrogen) atoms. The van der Waals surface area contributed by atoms with E-state index < -0.39 is 16.0 Å². The number of benzene rings is 2. The van der Waals surface area contributed by atoms with E-state index in [9.17, 15) is 13.2 Å². The fourth-order valence-electron chi connectivity index (χ4n) is 3.24. The van der Waals surface area contributed by atoms with E-state index in [1.807, 2.05) is 0 Å². The number of carbonyl (C=O) groups excluding carboxylic acids is 1. The highest BCUT2D eigenvalue weighted by molar-refractivity contribution is 7.89. The van der Waals surface area contributed by atoms with E-state index in [2.05, 4.69) is 20.8 Å². The first-order valence-electron chi connectivity index (χ1n) is 10.9.